The number of carbonyl (C=O) groups is 1. The SMILES string of the molecule is CCNC(=NCC(C)(C)C(N)=O)N1CCN(c2ncccn2)CC1.I. The number of guanidine groups is 1. The van der Waals surface area contributed by atoms with Crippen molar-refractivity contribution in [2.24, 2.45) is 16.1 Å². The molecule has 1 aromatic rings. The molecule has 1 fully saturated rings. The number of carbonyl (C=O) groups excluding carboxylic acids is 1. The van der Waals surface area contributed by atoms with E-state index in [4.69, 9.17) is 5.73 Å². The Labute approximate surface area is 166 Å². The summed E-state index contributed by atoms with van der Waals surface area (Å²) in [7, 11) is 0. The summed E-state index contributed by atoms with van der Waals surface area (Å²) in [4.78, 5) is 29.0. The van der Waals surface area contributed by atoms with E-state index in [2.05, 4.69) is 30.1 Å². The predicted molar refractivity (Wildman–Crippen MR) is 110 cm³/mol. The summed E-state index contributed by atoms with van der Waals surface area (Å²) in [5, 5.41) is 3.29. The lowest BCUT2D eigenvalue weighted by atomic mass is 9.93. The van der Waals surface area contributed by atoms with Crippen LogP contribution in [0.3, 0.4) is 0 Å². The number of piperazine rings is 1. The number of aromatic nitrogens is 2. The van der Waals surface area contributed by atoms with Crippen molar-refractivity contribution in [2.45, 2.75) is 20.8 Å². The number of aliphatic imine (C=N–C) groups is 1. The Morgan fingerprint density at radius 1 is 1.28 bits per heavy atom. The van der Waals surface area contributed by atoms with E-state index in [1.807, 2.05) is 26.8 Å². The van der Waals surface area contributed by atoms with Crippen LogP contribution in [0.1, 0.15) is 20.8 Å². The number of hydrogen-bond donors (Lipinski definition) is 2. The molecule has 0 aromatic carbocycles. The molecule has 0 unspecified atom stereocenters. The molecule has 140 valence electrons. The van der Waals surface area contributed by atoms with Gasteiger partial charge in [0.15, 0.2) is 5.96 Å². The zero-order valence-electron chi connectivity index (χ0n) is 15.1. The summed E-state index contributed by atoms with van der Waals surface area (Å²) >= 11 is 0. The highest BCUT2D eigenvalue weighted by atomic mass is 127. The molecule has 9 heteroatoms. The number of nitrogens with zero attached hydrogens (tertiary/aromatic N) is 5. The van der Waals surface area contributed by atoms with Crippen molar-refractivity contribution in [3.05, 3.63) is 18.5 Å². The second-order valence-electron chi connectivity index (χ2n) is 6.44. The quantitative estimate of drug-likeness (QED) is 0.381. The Hall–Kier alpha value is -1.65. The van der Waals surface area contributed by atoms with Crippen molar-refractivity contribution < 1.29 is 4.79 Å². The van der Waals surface area contributed by atoms with E-state index >= 15 is 0 Å². The van der Waals surface area contributed by atoms with E-state index in [1.54, 1.807) is 12.4 Å². The van der Waals surface area contributed by atoms with Gasteiger partial charge in [-0.3, -0.25) is 9.79 Å². The molecule has 0 saturated carbocycles. The molecule has 0 atom stereocenters. The number of nitrogens with two attached hydrogens (primary N) is 1. The highest BCUT2D eigenvalue weighted by Crippen LogP contribution is 2.15. The fourth-order valence-electron chi connectivity index (χ4n) is 2.35. The Morgan fingerprint density at radius 2 is 1.88 bits per heavy atom. The first kappa shape index (κ1) is 21.4. The van der Waals surface area contributed by atoms with Gasteiger partial charge in [-0.05, 0) is 26.8 Å². The molecule has 1 amide bonds. The number of primary amides is 1. The Morgan fingerprint density at radius 3 is 2.40 bits per heavy atom. The van der Waals surface area contributed by atoms with Gasteiger partial charge in [0, 0.05) is 45.1 Å². The van der Waals surface area contributed by atoms with Crippen molar-refractivity contribution in [3.8, 4) is 0 Å². The van der Waals surface area contributed by atoms with Gasteiger partial charge in [-0.2, -0.15) is 0 Å². The second-order valence-corrected chi connectivity index (χ2v) is 6.44. The Bertz CT molecular complexity index is 571. The smallest absolute Gasteiger partial charge is 0.225 e. The highest BCUT2D eigenvalue weighted by Gasteiger charge is 2.26. The third-order valence-corrected chi connectivity index (χ3v) is 4.04. The van der Waals surface area contributed by atoms with Crippen LogP contribution in [0, 0.1) is 5.41 Å². The number of amides is 1. The van der Waals surface area contributed by atoms with Crippen molar-refractivity contribution in [2.75, 3.05) is 44.2 Å². The van der Waals surface area contributed by atoms with Gasteiger partial charge in [-0.25, -0.2) is 9.97 Å². The minimum absolute atomic E-state index is 0. The van der Waals surface area contributed by atoms with E-state index in [1.165, 1.54) is 0 Å². The topological polar surface area (TPSA) is 99.7 Å². The van der Waals surface area contributed by atoms with Gasteiger partial charge >= 0.3 is 0 Å². The highest BCUT2D eigenvalue weighted by molar-refractivity contribution is 14.0. The zero-order valence-corrected chi connectivity index (χ0v) is 17.4. The maximum absolute atomic E-state index is 11.5. The number of hydrogen-bond acceptors (Lipinski definition) is 5. The average molecular weight is 461 g/mol. The summed E-state index contributed by atoms with van der Waals surface area (Å²) < 4.78 is 0. The molecular weight excluding hydrogens is 433 g/mol. The van der Waals surface area contributed by atoms with Gasteiger partial charge in [-0.15, -0.1) is 24.0 Å². The molecular formula is C16H28IN7O. The van der Waals surface area contributed by atoms with Crippen LogP contribution in [0.5, 0.6) is 0 Å². The molecule has 1 aliphatic rings. The summed E-state index contributed by atoms with van der Waals surface area (Å²) in [6.45, 7) is 10.1. The average Bonchev–Trinajstić information content (AvgIpc) is 2.59. The van der Waals surface area contributed by atoms with Crippen LogP contribution in [0.4, 0.5) is 5.95 Å². The van der Waals surface area contributed by atoms with Gasteiger partial charge < -0.3 is 20.9 Å². The standard InChI is InChI=1S/C16H27N7O.HI/c1-4-18-14(21-12-16(2,3)13(17)24)22-8-10-23(11-9-22)15-19-6-5-7-20-15;/h5-7H,4,8-12H2,1-3H3,(H2,17,24)(H,18,21);1H. The van der Waals surface area contributed by atoms with E-state index in [0.717, 1.165) is 44.6 Å². The minimum Gasteiger partial charge on any atom is -0.369 e. The maximum Gasteiger partial charge on any atom is 0.225 e. The first-order valence-corrected chi connectivity index (χ1v) is 8.29. The van der Waals surface area contributed by atoms with E-state index in [-0.39, 0.29) is 29.9 Å². The summed E-state index contributed by atoms with van der Waals surface area (Å²) in [5.41, 5.74) is 4.78. The minimum atomic E-state index is -0.652. The summed E-state index contributed by atoms with van der Waals surface area (Å²) in [5.74, 6) is 1.24. The van der Waals surface area contributed by atoms with Gasteiger partial charge in [0.05, 0.1) is 12.0 Å². The van der Waals surface area contributed by atoms with E-state index in [0.29, 0.717) is 6.54 Å². The molecule has 0 spiro atoms. The Kier molecular flexibility index (Phi) is 8.33. The number of nitrogens with one attached hydrogen (secondary N) is 1. The van der Waals surface area contributed by atoms with Crippen LogP contribution >= 0.6 is 24.0 Å². The van der Waals surface area contributed by atoms with Gasteiger partial charge in [0.1, 0.15) is 0 Å². The lowest BCUT2D eigenvalue weighted by Crippen LogP contribution is -2.53. The van der Waals surface area contributed by atoms with Crippen LogP contribution in [0.15, 0.2) is 23.5 Å². The molecule has 2 heterocycles. The van der Waals surface area contributed by atoms with Crippen molar-refractivity contribution >= 4 is 41.8 Å². The monoisotopic (exact) mass is 461 g/mol. The lowest BCUT2D eigenvalue weighted by molar-refractivity contribution is -0.125. The molecule has 25 heavy (non-hydrogen) atoms. The fourth-order valence-corrected chi connectivity index (χ4v) is 2.35. The van der Waals surface area contributed by atoms with Crippen LogP contribution in [-0.4, -0.2) is 66.0 Å². The summed E-state index contributed by atoms with van der Waals surface area (Å²) in [6.07, 6.45) is 3.51. The molecule has 1 saturated heterocycles. The molecule has 2 rings (SSSR count). The molecule has 0 radical (unpaired) electrons. The number of rotatable bonds is 5. The molecule has 0 aliphatic carbocycles. The van der Waals surface area contributed by atoms with E-state index < -0.39 is 5.41 Å². The number of halogens is 1. The maximum atomic E-state index is 11.5. The largest absolute Gasteiger partial charge is 0.369 e. The fraction of sp³-hybridized carbons (Fsp3) is 0.625. The van der Waals surface area contributed by atoms with Crippen molar-refractivity contribution in [3.63, 3.8) is 0 Å². The molecule has 1 aromatic heterocycles. The third kappa shape index (κ3) is 5.98. The van der Waals surface area contributed by atoms with Gasteiger partial charge in [0.25, 0.3) is 0 Å². The molecule has 1 aliphatic heterocycles. The number of anilines is 1. The second kappa shape index (κ2) is 9.73. The summed E-state index contributed by atoms with van der Waals surface area (Å²) in [6, 6.07) is 1.82. The van der Waals surface area contributed by atoms with Gasteiger partial charge in [0.2, 0.25) is 11.9 Å². The molecule has 0 bridgehead atoms. The van der Waals surface area contributed by atoms with E-state index in [9.17, 15) is 4.79 Å². The van der Waals surface area contributed by atoms with Crippen LogP contribution in [-0.2, 0) is 4.79 Å². The van der Waals surface area contributed by atoms with Crippen LogP contribution in [0.2, 0.25) is 0 Å². The van der Waals surface area contributed by atoms with Crippen LogP contribution < -0.4 is 16.0 Å². The predicted octanol–water partition coefficient (Wildman–Crippen LogP) is 0.694. The van der Waals surface area contributed by atoms with Crippen molar-refractivity contribution in [1.29, 1.82) is 0 Å². The van der Waals surface area contributed by atoms with Crippen molar-refractivity contribution in [1.82, 2.24) is 20.2 Å². The normalized spacial score (nSPS) is 15.6. The molecule has 3 N–H and O–H groups in total. The first-order valence-electron chi connectivity index (χ1n) is 8.29. The first-order chi connectivity index (χ1) is 11.4. The zero-order chi connectivity index (χ0) is 17.6. The third-order valence-electron chi connectivity index (χ3n) is 4.04. The van der Waals surface area contributed by atoms with Crippen LogP contribution in [0.25, 0.3) is 0 Å². The van der Waals surface area contributed by atoms with Gasteiger partial charge in [-0.1, -0.05) is 0 Å². The molecule has 8 nitrogen and oxygen atoms in total. The Balaban J connectivity index is 0.00000312. The lowest BCUT2D eigenvalue weighted by Gasteiger charge is -2.36.